The lowest BCUT2D eigenvalue weighted by Gasteiger charge is -2.15. The molecule has 1 aliphatic rings. The molecular weight excluding hydrogens is 452 g/mol. The van der Waals surface area contributed by atoms with Gasteiger partial charge in [0.05, 0.1) is 30.6 Å². The van der Waals surface area contributed by atoms with E-state index >= 15 is 0 Å². The molecule has 2 aromatic carbocycles. The van der Waals surface area contributed by atoms with Gasteiger partial charge in [0, 0.05) is 20.1 Å². The van der Waals surface area contributed by atoms with Crippen molar-refractivity contribution in [1.82, 2.24) is 20.4 Å². The van der Waals surface area contributed by atoms with Crippen molar-refractivity contribution in [1.29, 1.82) is 0 Å². The summed E-state index contributed by atoms with van der Waals surface area (Å²) in [5.74, 6) is -1.92. The van der Waals surface area contributed by atoms with E-state index < -0.39 is 24.0 Å². The molecule has 0 saturated carbocycles. The van der Waals surface area contributed by atoms with Gasteiger partial charge in [-0.25, -0.2) is 9.59 Å². The quantitative estimate of drug-likeness (QED) is 0.430. The summed E-state index contributed by atoms with van der Waals surface area (Å²) in [7, 11) is 2.96. The number of alkyl carbamates (subject to hydrolysis) is 1. The number of aromatic nitrogens is 2. The van der Waals surface area contributed by atoms with Crippen molar-refractivity contribution >= 4 is 18.0 Å². The Balaban J connectivity index is 1.38. The largest absolute Gasteiger partial charge is 0.480 e. The lowest BCUT2D eigenvalue weighted by molar-refractivity contribution is -0.140. The van der Waals surface area contributed by atoms with Crippen LogP contribution in [-0.2, 0) is 27.9 Å². The van der Waals surface area contributed by atoms with E-state index in [1.54, 1.807) is 7.05 Å². The predicted octanol–water partition coefficient (Wildman–Crippen LogP) is 2.29. The van der Waals surface area contributed by atoms with Crippen molar-refractivity contribution < 1.29 is 29.0 Å². The molecule has 35 heavy (non-hydrogen) atoms. The fourth-order valence-electron chi connectivity index (χ4n) is 4.24. The van der Waals surface area contributed by atoms with Crippen molar-refractivity contribution in [3.63, 3.8) is 0 Å². The summed E-state index contributed by atoms with van der Waals surface area (Å²) in [6.07, 6.45) is 0.678. The maximum atomic E-state index is 12.6. The third-order valence-corrected chi connectivity index (χ3v) is 5.99. The van der Waals surface area contributed by atoms with Crippen LogP contribution in [0.2, 0.25) is 0 Å². The van der Waals surface area contributed by atoms with Crippen LogP contribution in [0.25, 0.3) is 11.1 Å². The molecule has 0 radical (unpaired) electrons. The van der Waals surface area contributed by atoms with Gasteiger partial charge in [0.25, 0.3) is 5.91 Å². The molecule has 182 valence electrons. The topological polar surface area (TPSA) is 132 Å². The monoisotopic (exact) mass is 478 g/mol. The molecule has 1 atom stereocenters. The molecule has 0 saturated heterocycles. The highest BCUT2D eigenvalue weighted by atomic mass is 16.5. The Labute approximate surface area is 201 Å². The first-order chi connectivity index (χ1) is 16.9. The highest BCUT2D eigenvalue weighted by Gasteiger charge is 2.29. The third-order valence-electron chi connectivity index (χ3n) is 5.99. The van der Waals surface area contributed by atoms with Crippen molar-refractivity contribution in [2.75, 3.05) is 20.3 Å². The number of carbonyl (C=O) groups excluding carboxylic acids is 2. The molecule has 1 aromatic heterocycles. The van der Waals surface area contributed by atoms with E-state index in [0.717, 1.165) is 22.3 Å². The van der Waals surface area contributed by atoms with E-state index in [-0.39, 0.29) is 31.2 Å². The normalized spacial score (nSPS) is 13.0. The van der Waals surface area contributed by atoms with Crippen LogP contribution in [0, 0.1) is 0 Å². The summed E-state index contributed by atoms with van der Waals surface area (Å²) in [6.45, 7) is -0.0531. The summed E-state index contributed by atoms with van der Waals surface area (Å²) in [6, 6.07) is 14.9. The number of nitrogens with zero attached hydrogens (tertiary/aromatic N) is 2. The minimum atomic E-state index is -1.22. The molecular formula is C25H26N4O6. The van der Waals surface area contributed by atoms with Crippen LogP contribution in [0.1, 0.15) is 33.1 Å². The van der Waals surface area contributed by atoms with Crippen LogP contribution in [0.3, 0.4) is 0 Å². The van der Waals surface area contributed by atoms with Gasteiger partial charge in [-0.15, -0.1) is 0 Å². The van der Waals surface area contributed by atoms with Crippen LogP contribution < -0.4 is 10.6 Å². The second kappa shape index (κ2) is 10.4. The van der Waals surface area contributed by atoms with Crippen LogP contribution in [0.5, 0.6) is 0 Å². The number of aliphatic carboxylic acids is 1. The maximum Gasteiger partial charge on any atom is 0.407 e. The van der Waals surface area contributed by atoms with Crippen molar-refractivity contribution in [2.24, 2.45) is 7.05 Å². The van der Waals surface area contributed by atoms with Gasteiger partial charge < -0.3 is 25.2 Å². The van der Waals surface area contributed by atoms with Gasteiger partial charge in [0.2, 0.25) is 0 Å². The Morgan fingerprint density at radius 2 is 1.71 bits per heavy atom. The van der Waals surface area contributed by atoms with Crippen LogP contribution in [-0.4, -0.2) is 59.2 Å². The van der Waals surface area contributed by atoms with Gasteiger partial charge >= 0.3 is 12.1 Å². The molecule has 0 spiro atoms. The Kier molecular flexibility index (Phi) is 7.11. The summed E-state index contributed by atoms with van der Waals surface area (Å²) in [5, 5.41) is 18.3. The summed E-state index contributed by atoms with van der Waals surface area (Å²) >= 11 is 0. The number of rotatable bonds is 9. The van der Waals surface area contributed by atoms with E-state index in [2.05, 4.69) is 27.9 Å². The average molecular weight is 479 g/mol. The number of hydrogen-bond donors (Lipinski definition) is 3. The first kappa shape index (κ1) is 24.0. The molecule has 0 aliphatic heterocycles. The van der Waals surface area contributed by atoms with E-state index in [0.29, 0.717) is 5.69 Å². The molecule has 3 N–H and O–H groups in total. The first-order valence-electron chi connectivity index (χ1n) is 11.0. The molecule has 1 heterocycles. The van der Waals surface area contributed by atoms with Crippen molar-refractivity contribution in [3.05, 3.63) is 77.1 Å². The van der Waals surface area contributed by atoms with Gasteiger partial charge in [0.15, 0.2) is 6.04 Å². The number of carbonyl (C=O) groups is 3. The van der Waals surface area contributed by atoms with E-state index in [4.69, 9.17) is 9.47 Å². The number of fused-ring (bicyclic) bond motifs is 3. The smallest absolute Gasteiger partial charge is 0.407 e. The molecule has 2 amide bonds. The lowest BCUT2D eigenvalue weighted by Crippen LogP contribution is -2.44. The van der Waals surface area contributed by atoms with E-state index in [1.165, 1.54) is 18.0 Å². The Morgan fingerprint density at radius 3 is 2.31 bits per heavy atom. The van der Waals surface area contributed by atoms with Crippen LogP contribution in [0.15, 0.2) is 54.7 Å². The second-order valence-corrected chi connectivity index (χ2v) is 8.13. The van der Waals surface area contributed by atoms with E-state index in [9.17, 15) is 19.5 Å². The Morgan fingerprint density at radius 1 is 1.09 bits per heavy atom. The number of amides is 2. The lowest BCUT2D eigenvalue weighted by atomic mass is 9.98. The zero-order chi connectivity index (χ0) is 24.9. The molecule has 0 fully saturated rings. The number of carboxylic acid groups (broad SMARTS) is 1. The first-order valence-corrected chi connectivity index (χ1v) is 11.0. The number of ether oxygens (including phenoxy) is 2. The van der Waals surface area contributed by atoms with Crippen molar-refractivity contribution in [2.45, 2.75) is 18.5 Å². The molecule has 3 aromatic rings. The summed E-state index contributed by atoms with van der Waals surface area (Å²) in [4.78, 5) is 36.4. The van der Waals surface area contributed by atoms with Crippen molar-refractivity contribution in [3.8, 4) is 11.1 Å². The zero-order valence-electron chi connectivity index (χ0n) is 19.4. The summed E-state index contributed by atoms with van der Waals surface area (Å²) in [5.41, 5.74) is 5.03. The minimum absolute atomic E-state index is 0.0298. The Hall–Kier alpha value is -4.18. The Bertz CT molecular complexity index is 1210. The van der Waals surface area contributed by atoms with E-state index in [1.807, 2.05) is 36.4 Å². The standard InChI is InChI=1S/C25H26N4O6/c1-29-22(19(11-27-29)23(30)28-21(14-34-2)24(31)32)12-26-25(33)35-13-20-17-9-5-3-7-15(17)16-8-4-6-10-18(16)20/h3-11,20-21H,12-14H2,1-2H3,(H,26,33)(H,28,30)(H,31,32)/t21-/m0/s1. The molecule has 1 aliphatic carbocycles. The number of hydrogen-bond acceptors (Lipinski definition) is 6. The van der Waals surface area contributed by atoms with Gasteiger partial charge in [-0.2, -0.15) is 5.10 Å². The number of aryl methyl sites for hydroxylation is 1. The fourth-order valence-corrected chi connectivity index (χ4v) is 4.24. The number of benzene rings is 2. The van der Waals surface area contributed by atoms with Crippen LogP contribution in [0.4, 0.5) is 4.79 Å². The highest BCUT2D eigenvalue weighted by molar-refractivity contribution is 5.97. The molecule has 0 bridgehead atoms. The van der Waals surface area contributed by atoms with Crippen LogP contribution >= 0.6 is 0 Å². The maximum absolute atomic E-state index is 12.6. The van der Waals surface area contributed by atoms with Gasteiger partial charge in [-0.1, -0.05) is 48.5 Å². The zero-order valence-corrected chi connectivity index (χ0v) is 19.4. The number of carboxylic acids is 1. The SMILES string of the molecule is COC[C@H](NC(=O)c1cnn(C)c1CNC(=O)OCC1c2ccccc2-c2ccccc21)C(=O)O. The predicted molar refractivity (Wildman–Crippen MR) is 126 cm³/mol. The average Bonchev–Trinajstić information content (AvgIpc) is 3.38. The highest BCUT2D eigenvalue weighted by Crippen LogP contribution is 2.44. The van der Waals surface area contributed by atoms with Gasteiger partial charge in [-0.3, -0.25) is 9.48 Å². The number of methoxy groups -OCH3 is 1. The van der Waals surface area contributed by atoms with Gasteiger partial charge in [-0.05, 0) is 22.3 Å². The second-order valence-electron chi connectivity index (χ2n) is 8.13. The molecule has 0 unspecified atom stereocenters. The summed E-state index contributed by atoms with van der Waals surface area (Å²) < 4.78 is 11.8. The molecule has 10 nitrogen and oxygen atoms in total. The van der Waals surface area contributed by atoms with Gasteiger partial charge in [0.1, 0.15) is 6.61 Å². The fraction of sp³-hybridized carbons (Fsp3) is 0.280. The molecule has 10 heteroatoms. The molecule has 4 rings (SSSR count). The minimum Gasteiger partial charge on any atom is -0.480 e. The number of nitrogens with one attached hydrogen (secondary N) is 2. The third kappa shape index (κ3) is 5.02.